The second-order valence-corrected chi connectivity index (χ2v) is 8.96. The number of carbonyl (C=O) groups is 2. The maximum Gasteiger partial charge on any atom is 0.261 e. The topological polar surface area (TPSA) is 134 Å². The molecule has 0 atom stereocenters. The molecule has 2 amide bonds. The van der Waals surface area contributed by atoms with E-state index in [1.807, 2.05) is 0 Å². The quantitative estimate of drug-likeness (QED) is 0.328. The van der Waals surface area contributed by atoms with Crippen LogP contribution in [0.2, 0.25) is 0 Å². The fourth-order valence-corrected chi connectivity index (χ4v) is 4.13. The molecule has 0 bridgehead atoms. The summed E-state index contributed by atoms with van der Waals surface area (Å²) >= 11 is 0. The van der Waals surface area contributed by atoms with Crippen LogP contribution in [0.25, 0.3) is 0 Å². The van der Waals surface area contributed by atoms with Gasteiger partial charge in [-0.3, -0.25) is 14.3 Å². The molecule has 0 aromatic heterocycles. The number of phenolic OH excluding ortho intramolecular Hbond substituents is 1. The lowest BCUT2D eigenvalue weighted by Crippen LogP contribution is -2.30. The van der Waals surface area contributed by atoms with Gasteiger partial charge in [0.25, 0.3) is 21.8 Å². The lowest BCUT2D eigenvalue weighted by Gasteiger charge is -2.11. The number of phenols is 1. The molecule has 9 nitrogen and oxygen atoms in total. The Morgan fingerprint density at radius 3 is 2.03 bits per heavy atom. The molecule has 34 heavy (non-hydrogen) atoms. The van der Waals surface area contributed by atoms with Crippen molar-refractivity contribution in [1.29, 1.82) is 0 Å². The first-order valence-corrected chi connectivity index (χ1v) is 11.9. The van der Waals surface area contributed by atoms with Gasteiger partial charge < -0.3 is 20.5 Å². The summed E-state index contributed by atoms with van der Waals surface area (Å²) in [5.41, 5.74) is 0.898. The number of sulfonamides is 1. The summed E-state index contributed by atoms with van der Waals surface area (Å²) < 4.78 is 32.9. The van der Waals surface area contributed by atoms with Crippen LogP contribution in [-0.2, 0) is 10.0 Å². The Morgan fingerprint density at radius 1 is 0.853 bits per heavy atom. The average molecular weight is 484 g/mol. The van der Waals surface area contributed by atoms with Crippen LogP contribution in [-0.4, -0.2) is 45.5 Å². The number of benzene rings is 3. The highest BCUT2D eigenvalue weighted by atomic mass is 32.2. The van der Waals surface area contributed by atoms with Crippen molar-refractivity contribution >= 4 is 27.5 Å². The summed E-state index contributed by atoms with van der Waals surface area (Å²) in [4.78, 5) is 24.4. The zero-order valence-corrected chi connectivity index (χ0v) is 19.3. The van der Waals surface area contributed by atoms with Crippen LogP contribution in [0.4, 0.5) is 5.69 Å². The van der Waals surface area contributed by atoms with Gasteiger partial charge in [0.05, 0.1) is 12.0 Å². The van der Waals surface area contributed by atoms with Crippen molar-refractivity contribution in [3.8, 4) is 11.5 Å². The number of ether oxygens (including phenoxy) is 1. The molecule has 0 heterocycles. The van der Waals surface area contributed by atoms with Gasteiger partial charge in [-0.25, -0.2) is 8.42 Å². The Labute approximate surface area is 197 Å². The van der Waals surface area contributed by atoms with E-state index in [0.29, 0.717) is 30.0 Å². The zero-order chi connectivity index (χ0) is 24.6. The van der Waals surface area contributed by atoms with Crippen LogP contribution < -0.4 is 20.1 Å². The summed E-state index contributed by atoms with van der Waals surface area (Å²) in [5, 5.41) is 14.8. The summed E-state index contributed by atoms with van der Waals surface area (Å²) in [6.07, 6.45) is 0.466. The Balaban J connectivity index is 1.51. The maximum absolute atomic E-state index is 12.7. The van der Waals surface area contributed by atoms with Crippen molar-refractivity contribution in [1.82, 2.24) is 10.6 Å². The first-order chi connectivity index (χ1) is 16.3. The van der Waals surface area contributed by atoms with Crippen molar-refractivity contribution < 1.29 is 27.9 Å². The smallest absolute Gasteiger partial charge is 0.261 e. The minimum Gasteiger partial charge on any atom is -0.508 e. The van der Waals surface area contributed by atoms with Crippen molar-refractivity contribution in [3.05, 3.63) is 83.9 Å². The molecule has 0 aliphatic rings. The third-order valence-electron chi connectivity index (χ3n) is 4.78. The second-order valence-electron chi connectivity index (χ2n) is 7.28. The number of aromatic hydroxyl groups is 1. The molecule has 4 N–H and O–H groups in total. The van der Waals surface area contributed by atoms with Crippen molar-refractivity contribution in [2.24, 2.45) is 0 Å². The molecule has 0 aliphatic carbocycles. The highest BCUT2D eigenvalue weighted by molar-refractivity contribution is 7.92. The molecule has 0 saturated heterocycles. The van der Waals surface area contributed by atoms with Crippen molar-refractivity contribution in [2.75, 3.05) is 24.9 Å². The van der Waals surface area contributed by atoms with Crippen LogP contribution >= 0.6 is 0 Å². The molecule has 0 radical (unpaired) electrons. The van der Waals surface area contributed by atoms with Crippen LogP contribution in [0.15, 0.2) is 77.7 Å². The van der Waals surface area contributed by atoms with Gasteiger partial charge in [0.15, 0.2) is 0 Å². The molecule has 178 valence electrons. The number of nitrogens with one attached hydrogen (secondary N) is 3. The third-order valence-corrected chi connectivity index (χ3v) is 6.16. The van der Waals surface area contributed by atoms with Gasteiger partial charge in [-0.1, -0.05) is 12.1 Å². The number of methoxy groups -OCH3 is 1. The Hall–Kier alpha value is -4.05. The van der Waals surface area contributed by atoms with Crippen LogP contribution in [0, 0.1) is 0 Å². The minimum atomic E-state index is -3.89. The molecule has 3 aromatic rings. The highest BCUT2D eigenvalue weighted by Crippen LogP contribution is 2.20. The molecule has 3 rings (SSSR count). The van der Waals surface area contributed by atoms with Crippen LogP contribution in [0.3, 0.4) is 0 Å². The van der Waals surface area contributed by atoms with E-state index >= 15 is 0 Å². The van der Waals surface area contributed by atoms with Crippen LogP contribution in [0.5, 0.6) is 11.5 Å². The standard InChI is InChI=1S/C24H25N3O6S/c1-33-21-11-9-19(10-12-21)27-34(31,32)22-8-3-6-18(16-22)24(30)26-14-4-13-25-23(29)17-5-2-7-20(28)15-17/h2-3,5-12,15-16,27-28H,4,13-14H2,1H3,(H,25,29)(H,26,30). The van der Waals surface area contributed by atoms with Gasteiger partial charge in [-0.15, -0.1) is 0 Å². The molecule has 0 aliphatic heterocycles. The molecule has 10 heteroatoms. The predicted octanol–water partition coefficient (Wildman–Crippen LogP) is 2.75. The van der Waals surface area contributed by atoms with Crippen LogP contribution in [0.1, 0.15) is 27.1 Å². The molecule has 0 unspecified atom stereocenters. The fourth-order valence-electron chi connectivity index (χ4n) is 3.02. The van der Waals surface area contributed by atoms with Gasteiger partial charge in [-0.2, -0.15) is 0 Å². The van der Waals surface area contributed by atoms with E-state index in [1.54, 1.807) is 36.4 Å². The summed E-state index contributed by atoms with van der Waals surface area (Å²) in [6, 6.07) is 18.1. The minimum absolute atomic E-state index is 0.00311. The Kier molecular flexibility index (Phi) is 8.10. The lowest BCUT2D eigenvalue weighted by atomic mass is 10.2. The second kappa shape index (κ2) is 11.2. The number of amides is 2. The third kappa shape index (κ3) is 6.72. The van der Waals surface area contributed by atoms with E-state index in [1.165, 1.54) is 43.5 Å². The van der Waals surface area contributed by atoms with E-state index in [4.69, 9.17) is 4.74 Å². The number of hydrogen-bond acceptors (Lipinski definition) is 6. The normalized spacial score (nSPS) is 10.9. The molecule has 0 saturated carbocycles. The summed E-state index contributed by atoms with van der Waals surface area (Å²) in [5.74, 6) is -0.158. The average Bonchev–Trinajstić information content (AvgIpc) is 2.84. The highest BCUT2D eigenvalue weighted by Gasteiger charge is 2.16. The molecular weight excluding hydrogens is 458 g/mol. The van der Waals surface area contributed by atoms with Gasteiger partial charge in [0.2, 0.25) is 0 Å². The largest absolute Gasteiger partial charge is 0.508 e. The maximum atomic E-state index is 12.7. The van der Waals surface area contributed by atoms with Gasteiger partial charge in [0, 0.05) is 29.9 Å². The van der Waals surface area contributed by atoms with Crippen molar-refractivity contribution in [3.63, 3.8) is 0 Å². The molecular formula is C24H25N3O6S. The zero-order valence-electron chi connectivity index (χ0n) is 18.4. The summed E-state index contributed by atoms with van der Waals surface area (Å²) in [7, 11) is -2.38. The molecule has 0 spiro atoms. The number of anilines is 1. The van der Waals surface area contributed by atoms with Crippen molar-refractivity contribution in [2.45, 2.75) is 11.3 Å². The summed E-state index contributed by atoms with van der Waals surface area (Å²) in [6.45, 7) is 0.592. The first-order valence-electron chi connectivity index (χ1n) is 10.4. The Bertz CT molecular complexity index is 1260. The van der Waals surface area contributed by atoms with E-state index in [-0.39, 0.29) is 28.7 Å². The number of hydrogen-bond donors (Lipinski definition) is 4. The fraction of sp³-hybridized carbons (Fsp3) is 0.167. The SMILES string of the molecule is COc1ccc(NS(=O)(=O)c2cccc(C(=O)NCCCNC(=O)c3cccc(O)c3)c2)cc1. The van der Waals surface area contributed by atoms with E-state index < -0.39 is 15.9 Å². The van der Waals surface area contributed by atoms with E-state index in [0.717, 1.165) is 0 Å². The Morgan fingerprint density at radius 2 is 1.44 bits per heavy atom. The number of carbonyl (C=O) groups excluding carboxylic acids is 2. The molecule has 0 fully saturated rings. The van der Waals surface area contributed by atoms with Gasteiger partial charge in [-0.05, 0) is 67.1 Å². The monoisotopic (exact) mass is 483 g/mol. The van der Waals surface area contributed by atoms with E-state index in [9.17, 15) is 23.1 Å². The first kappa shape index (κ1) is 24.6. The number of rotatable bonds is 10. The van der Waals surface area contributed by atoms with E-state index in [2.05, 4.69) is 15.4 Å². The van der Waals surface area contributed by atoms with Gasteiger partial charge in [0.1, 0.15) is 11.5 Å². The van der Waals surface area contributed by atoms with Gasteiger partial charge >= 0.3 is 0 Å². The molecule has 3 aromatic carbocycles. The lowest BCUT2D eigenvalue weighted by molar-refractivity contribution is 0.0951. The predicted molar refractivity (Wildman–Crippen MR) is 128 cm³/mol.